The lowest BCUT2D eigenvalue weighted by molar-refractivity contribution is -0.191. The molecule has 6 nitrogen and oxygen atoms in total. The lowest BCUT2D eigenvalue weighted by Crippen LogP contribution is -2.48. The van der Waals surface area contributed by atoms with Gasteiger partial charge in [-0.3, -0.25) is 4.79 Å². The fraction of sp³-hybridized carbons (Fsp3) is 0.526. The molecule has 0 aromatic carbocycles. The summed E-state index contributed by atoms with van der Waals surface area (Å²) in [6, 6.07) is 0. The first kappa shape index (κ1) is 18.4. The Morgan fingerprint density at radius 1 is 1.25 bits per heavy atom. The number of hydrogen-bond donors (Lipinski definition) is 0. The molecule has 4 heterocycles. The van der Waals surface area contributed by atoms with E-state index in [4.69, 9.17) is 21.1 Å². The number of carbonyl (C=O) groups excluding carboxylic acids is 1. The molecule has 2 aromatic rings. The van der Waals surface area contributed by atoms with E-state index in [1.807, 2.05) is 18.9 Å². The summed E-state index contributed by atoms with van der Waals surface area (Å²) in [4.78, 5) is 24.3. The van der Waals surface area contributed by atoms with E-state index in [-0.39, 0.29) is 16.9 Å². The highest BCUT2D eigenvalue weighted by Crippen LogP contribution is 2.56. The van der Waals surface area contributed by atoms with Gasteiger partial charge >= 0.3 is 0 Å². The number of fused-ring (bicyclic) bond motifs is 2. The van der Waals surface area contributed by atoms with E-state index in [1.165, 1.54) is 11.3 Å². The number of ether oxygens (including phenoxy) is 2. The highest BCUT2D eigenvalue weighted by atomic mass is 35.5. The van der Waals surface area contributed by atoms with Crippen LogP contribution in [0.3, 0.4) is 0 Å². The van der Waals surface area contributed by atoms with Crippen molar-refractivity contribution in [2.24, 2.45) is 0 Å². The third kappa shape index (κ3) is 2.41. The summed E-state index contributed by atoms with van der Waals surface area (Å²) in [5.74, 6) is -1.09. The molecule has 2 aromatic heterocycles. The third-order valence-corrected chi connectivity index (χ3v) is 7.99. The van der Waals surface area contributed by atoms with Crippen LogP contribution in [0, 0.1) is 12.7 Å². The van der Waals surface area contributed by atoms with E-state index >= 15 is 0 Å². The molecule has 0 atom stereocenters. The van der Waals surface area contributed by atoms with E-state index in [2.05, 4.69) is 9.97 Å². The summed E-state index contributed by atoms with van der Waals surface area (Å²) in [7, 11) is 1.85. The fourth-order valence-corrected chi connectivity index (χ4v) is 6.44. The molecule has 0 radical (unpaired) electrons. The minimum absolute atomic E-state index is 0.0161. The molecule has 3 aliphatic rings. The molecule has 5 rings (SSSR count). The molecule has 2 aliphatic heterocycles. The summed E-state index contributed by atoms with van der Waals surface area (Å²) < 4.78 is 26.1. The van der Waals surface area contributed by atoms with Gasteiger partial charge in [0.2, 0.25) is 5.28 Å². The predicted octanol–water partition coefficient (Wildman–Crippen LogP) is 3.90. The van der Waals surface area contributed by atoms with Gasteiger partial charge in [-0.25, -0.2) is 14.4 Å². The molecule has 2 fully saturated rings. The van der Waals surface area contributed by atoms with Crippen molar-refractivity contribution in [3.63, 3.8) is 0 Å². The molecular weight excluding hydrogens is 405 g/mol. The number of thiophene rings is 1. The van der Waals surface area contributed by atoms with Gasteiger partial charge in [-0.2, -0.15) is 0 Å². The summed E-state index contributed by atoms with van der Waals surface area (Å²) in [5.41, 5.74) is 1.16. The second kappa shape index (κ2) is 6.19. The standard InChI is InChI=1S/C19H19ClFN3O3S/c1-10-12-15(28-14(10)13-11(21)9-22-17(20)23-13)18(24(2)16(12)25)3-5-19(6-4-18)26-7-8-27-19/h9H,3-8H2,1-2H3. The molecule has 28 heavy (non-hydrogen) atoms. The van der Waals surface area contributed by atoms with Gasteiger partial charge < -0.3 is 14.4 Å². The molecule has 0 bridgehead atoms. The van der Waals surface area contributed by atoms with Crippen LogP contribution in [0.1, 0.15) is 46.5 Å². The maximum atomic E-state index is 14.4. The molecule has 1 amide bonds. The molecule has 0 N–H and O–H groups in total. The van der Waals surface area contributed by atoms with Crippen LogP contribution >= 0.6 is 22.9 Å². The molecule has 1 aliphatic carbocycles. The highest BCUT2D eigenvalue weighted by Gasteiger charge is 2.56. The van der Waals surface area contributed by atoms with Gasteiger partial charge in [0.1, 0.15) is 5.69 Å². The molecule has 1 saturated carbocycles. The molecule has 9 heteroatoms. The SMILES string of the molecule is Cc1c(-c2nc(Cl)ncc2F)sc2c1C(=O)N(C)C21CCC2(CC1)OCCO2. The molecule has 0 unspecified atom stereocenters. The van der Waals surface area contributed by atoms with Gasteiger partial charge in [-0.05, 0) is 36.9 Å². The van der Waals surface area contributed by atoms with Crippen LogP contribution < -0.4 is 0 Å². The smallest absolute Gasteiger partial charge is 0.255 e. The number of rotatable bonds is 1. The fourth-order valence-electron chi connectivity index (χ4n) is 4.74. The second-order valence-electron chi connectivity index (χ2n) is 7.60. The Morgan fingerprint density at radius 3 is 2.61 bits per heavy atom. The van der Waals surface area contributed by atoms with Gasteiger partial charge in [0.05, 0.1) is 35.4 Å². The minimum Gasteiger partial charge on any atom is -0.348 e. The normalized spacial score (nSPS) is 22.4. The van der Waals surface area contributed by atoms with Crippen LogP contribution in [-0.4, -0.2) is 46.8 Å². The molecular formula is C19H19ClFN3O3S. The first-order chi connectivity index (χ1) is 13.4. The monoisotopic (exact) mass is 423 g/mol. The average molecular weight is 424 g/mol. The average Bonchev–Trinajstić information content (AvgIpc) is 3.33. The van der Waals surface area contributed by atoms with Crippen LogP contribution in [0.5, 0.6) is 0 Å². The summed E-state index contributed by atoms with van der Waals surface area (Å²) in [5, 5.41) is -0.0161. The van der Waals surface area contributed by atoms with E-state index in [1.54, 1.807) is 0 Å². The van der Waals surface area contributed by atoms with Crippen molar-refractivity contribution < 1.29 is 18.7 Å². The predicted molar refractivity (Wildman–Crippen MR) is 102 cm³/mol. The maximum Gasteiger partial charge on any atom is 0.255 e. The first-order valence-electron chi connectivity index (χ1n) is 9.25. The number of halogens is 2. The van der Waals surface area contributed by atoms with E-state index in [0.717, 1.165) is 42.3 Å². The van der Waals surface area contributed by atoms with Crippen molar-refractivity contribution in [3.05, 3.63) is 33.3 Å². The maximum absolute atomic E-state index is 14.4. The Hall–Kier alpha value is -1.61. The quantitative estimate of drug-likeness (QED) is 0.651. The Morgan fingerprint density at radius 2 is 1.93 bits per heavy atom. The van der Waals surface area contributed by atoms with Crippen LogP contribution in [-0.2, 0) is 15.0 Å². The van der Waals surface area contributed by atoms with Crippen molar-refractivity contribution >= 4 is 28.8 Å². The van der Waals surface area contributed by atoms with E-state index in [0.29, 0.717) is 23.7 Å². The Labute approximate surface area is 170 Å². The summed E-state index contributed by atoms with van der Waals surface area (Å²) in [6.07, 6.45) is 4.01. The lowest BCUT2D eigenvalue weighted by atomic mass is 9.77. The van der Waals surface area contributed by atoms with Crippen molar-refractivity contribution in [1.29, 1.82) is 0 Å². The molecule has 1 saturated heterocycles. The van der Waals surface area contributed by atoms with Gasteiger partial charge in [-0.1, -0.05) is 0 Å². The third-order valence-electron chi connectivity index (χ3n) is 6.31. The van der Waals surface area contributed by atoms with E-state index < -0.39 is 17.1 Å². The number of nitrogens with zero attached hydrogens (tertiary/aromatic N) is 3. The number of hydrogen-bond acceptors (Lipinski definition) is 6. The van der Waals surface area contributed by atoms with Crippen LogP contribution in [0.15, 0.2) is 6.20 Å². The largest absolute Gasteiger partial charge is 0.348 e. The Bertz CT molecular complexity index is 979. The van der Waals surface area contributed by atoms with Crippen molar-refractivity contribution in [2.45, 2.75) is 43.9 Å². The summed E-state index contributed by atoms with van der Waals surface area (Å²) >= 11 is 7.32. The Kier molecular flexibility index (Phi) is 4.07. The first-order valence-corrected chi connectivity index (χ1v) is 10.4. The zero-order valence-corrected chi connectivity index (χ0v) is 17.1. The topological polar surface area (TPSA) is 64.6 Å². The van der Waals surface area contributed by atoms with Crippen LogP contribution in [0.4, 0.5) is 4.39 Å². The van der Waals surface area contributed by atoms with Gasteiger partial charge in [0.15, 0.2) is 11.6 Å². The van der Waals surface area contributed by atoms with Gasteiger partial charge in [0.25, 0.3) is 5.91 Å². The van der Waals surface area contributed by atoms with Gasteiger partial charge in [-0.15, -0.1) is 11.3 Å². The number of carbonyl (C=O) groups is 1. The van der Waals surface area contributed by atoms with Crippen molar-refractivity contribution in [1.82, 2.24) is 14.9 Å². The van der Waals surface area contributed by atoms with Crippen molar-refractivity contribution in [2.75, 3.05) is 20.3 Å². The van der Waals surface area contributed by atoms with Crippen LogP contribution in [0.2, 0.25) is 5.28 Å². The van der Waals surface area contributed by atoms with E-state index in [9.17, 15) is 9.18 Å². The molecule has 2 spiro atoms. The zero-order valence-electron chi connectivity index (χ0n) is 15.6. The number of amides is 1. The molecule has 148 valence electrons. The lowest BCUT2D eigenvalue weighted by Gasteiger charge is -2.45. The van der Waals surface area contributed by atoms with Gasteiger partial charge in [0, 0.05) is 24.8 Å². The zero-order chi connectivity index (χ0) is 19.7. The highest BCUT2D eigenvalue weighted by molar-refractivity contribution is 7.16. The van der Waals surface area contributed by atoms with Crippen molar-refractivity contribution in [3.8, 4) is 10.6 Å². The van der Waals surface area contributed by atoms with Crippen LogP contribution in [0.25, 0.3) is 10.6 Å². The second-order valence-corrected chi connectivity index (χ2v) is 8.96. The minimum atomic E-state index is -0.544. The Balaban J connectivity index is 1.60. The number of aromatic nitrogens is 2. The summed E-state index contributed by atoms with van der Waals surface area (Å²) in [6.45, 7) is 3.07.